The van der Waals surface area contributed by atoms with Crippen molar-refractivity contribution in [3.05, 3.63) is 29.3 Å². The molecule has 0 bridgehead atoms. The summed E-state index contributed by atoms with van der Waals surface area (Å²) in [5.41, 5.74) is 3.58. The molecule has 2 aliphatic rings. The minimum Gasteiger partial charge on any atom is -0.339 e. The number of aryl methyl sites for hydroxylation is 2. The Balaban J connectivity index is 1.81. The lowest BCUT2D eigenvalue weighted by Gasteiger charge is -2.32. The van der Waals surface area contributed by atoms with Gasteiger partial charge in [-0.1, -0.05) is 25.5 Å². The van der Waals surface area contributed by atoms with Crippen LogP contribution in [0.15, 0.2) is 23.2 Å². The number of carbonyl (C=O) groups excluding carboxylic acids is 1. The van der Waals surface area contributed by atoms with Gasteiger partial charge in [-0.05, 0) is 56.8 Å². The van der Waals surface area contributed by atoms with E-state index in [-0.39, 0.29) is 5.91 Å². The lowest BCUT2D eigenvalue weighted by molar-refractivity contribution is 0.0701. The zero-order valence-electron chi connectivity index (χ0n) is 16.6. The van der Waals surface area contributed by atoms with Crippen LogP contribution in [0.5, 0.6) is 0 Å². The van der Waals surface area contributed by atoms with Gasteiger partial charge in [-0.3, -0.25) is 4.79 Å². The lowest BCUT2D eigenvalue weighted by atomic mass is 9.99. The van der Waals surface area contributed by atoms with E-state index in [0.717, 1.165) is 50.2 Å². The molecule has 4 nitrogen and oxygen atoms in total. The minimum atomic E-state index is 0.221. The Kier molecular flexibility index (Phi) is 5.79. The molecule has 1 N–H and O–H groups in total. The predicted octanol–water partition coefficient (Wildman–Crippen LogP) is 4.30. The number of unbranched alkanes of at least 4 members (excludes halogenated alkanes) is 1. The number of nitrogens with one attached hydrogen (secondary N) is 1. The average Bonchev–Trinajstić information content (AvgIpc) is 3.07. The third kappa shape index (κ3) is 3.52. The normalized spacial score (nSPS) is 17.9. The van der Waals surface area contributed by atoms with Gasteiger partial charge in [0.15, 0.2) is 0 Å². The maximum absolute atomic E-state index is 13.7. The van der Waals surface area contributed by atoms with E-state index >= 15 is 0 Å². The topological polar surface area (TPSA) is 37.3 Å². The Morgan fingerprint density at radius 3 is 2.93 bits per heavy atom. The highest BCUT2D eigenvalue weighted by Crippen LogP contribution is 2.39. The summed E-state index contributed by atoms with van der Waals surface area (Å²) in [5, 5.41) is 5.83. The Morgan fingerprint density at radius 1 is 1.33 bits per heavy atom. The zero-order chi connectivity index (χ0) is 18.8. The largest absolute Gasteiger partial charge is 0.339 e. The molecule has 1 saturated heterocycles. The van der Waals surface area contributed by atoms with Crippen molar-refractivity contribution in [1.29, 1.82) is 0 Å². The van der Waals surface area contributed by atoms with Gasteiger partial charge in [0.05, 0.1) is 10.6 Å². The van der Waals surface area contributed by atoms with Crippen molar-refractivity contribution < 1.29 is 4.79 Å². The average molecular weight is 386 g/mol. The summed E-state index contributed by atoms with van der Waals surface area (Å²) in [5.74, 6) is 1.33. The summed E-state index contributed by atoms with van der Waals surface area (Å²) in [6.07, 6.45) is 6.68. The second-order valence-corrected chi connectivity index (χ2v) is 8.93. The van der Waals surface area contributed by atoms with Crippen LogP contribution < -0.4 is 5.32 Å². The van der Waals surface area contributed by atoms with E-state index in [1.165, 1.54) is 40.8 Å². The van der Waals surface area contributed by atoms with Crippen molar-refractivity contribution in [2.45, 2.75) is 63.1 Å². The van der Waals surface area contributed by atoms with Gasteiger partial charge in [0.2, 0.25) is 0 Å². The maximum atomic E-state index is 13.7. The highest BCUT2D eigenvalue weighted by atomic mass is 32.2. The first-order valence-corrected chi connectivity index (χ1v) is 11.5. The van der Waals surface area contributed by atoms with E-state index in [4.69, 9.17) is 0 Å². The molecule has 0 saturated carbocycles. The number of rotatable bonds is 5. The van der Waals surface area contributed by atoms with Gasteiger partial charge in [0, 0.05) is 36.3 Å². The summed E-state index contributed by atoms with van der Waals surface area (Å²) in [7, 11) is 2.01. The van der Waals surface area contributed by atoms with Crippen molar-refractivity contribution in [3.63, 3.8) is 0 Å². The molecule has 0 radical (unpaired) electrons. The number of nitrogens with zero attached hydrogens (tertiary/aromatic N) is 2. The van der Waals surface area contributed by atoms with Gasteiger partial charge in [0.1, 0.15) is 0 Å². The van der Waals surface area contributed by atoms with Gasteiger partial charge in [-0.15, -0.1) is 11.8 Å². The first kappa shape index (κ1) is 18.9. The van der Waals surface area contributed by atoms with Gasteiger partial charge in [-0.25, -0.2) is 0 Å². The molecule has 0 aliphatic carbocycles. The third-order valence-corrected chi connectivity index (χ3v) is 7.27. The molecule has 1 aromatic carbocycles. The van der Waals surface area contributed by atoms with Crippen LogP contribution in [0.2, 0.25) is 0 Å². The van der Waals surface area contributed by atoms with Crippen molar-refractivity contribution in [3.8, 4) is 0 Å². The van der Waals surface area contributed by atoms with E-state index in [1.54, 1.807) is 0 Å². The number of benzene rings is 1. The molecule has 1 amide bonds. The molecule has 146 valence electrons. The number of amides is 1. The number of thioether (sulfide) groups is 1. The van der Waals surface area contributed by atoms with Crippen molar-refractivity contribution in [2.75, 3.05) is 25.9 Å². The minimum absolute atomic E-state index is 0.221. The molecular formula is C22H31N3OS. The molecule has 0 atom stereocenters. The monoisotopic (exact) mass is 385 g/mol. The van der Waals surface area contributed by atoms with Gasteiger partial charge in [-0.2, -0.15) is 0 Å². The number of carbonyl (C=O) groups is 1. The fourth-order valence-corrected chi connectivity index (χ4v) is 5.67. The fourth-order valence-electron chi connectivity index (χ4n) is 4.53. The van der Waals surface area contributed by atoms with Gasteiger partial charge in [0.25, 0.3) is 5.91 Å². The molecule has 0 spiro atoms. The molecule has 3 heterocycles. The van der Waals surface area contributed by atoms with Crippen LogP contribution in [0, 0.1) is 0 Å². The molecule has 0 unspecified atom stereocenters. The highest BCUT2D eigenvalue weighted by Gasteiger charge is 2.31. The predicted molar refractivity (Wildman–Crippen MR) is 114 cm³/mol. The van der Waals surface area contributed by atoms with Crippen molar-refractivity contribution in [2.24, 2.45) is 0 Å². The maximum Gasteiger partial charge on any atom is 0.257 e. The summed E-state index contributed by atoms with van der Waals surface area (Å²) >= 11 is 1.87. The second-order valence-electron chi connectivity index (χ2n) is 7.85. The summed E-state index contributed by atoms with van der Waals surface area (Å²) in [4.78, 5) is 15.7. The van der Waals surface area contributed by atoms with Crippen LogP contribution in [-0.2, 0) is 13.0 Å². The van der Waals surface area contributed by atoms with Crippen LogP contribution >= 0.6 is 11.8 Å². The summed E-state index contributed by atoms with van der Waals surface area (Å²) in [6.45, 7) is 5.28. The quantitative estimate of drug-likeness (QED) is 0.834. The number of fused-ring (bicyclic) bond motifs is 3. The smallest absolute Gasteiger partial charge is 0.257 e. The van der Waals surface area contributed by atoms with E-state index in [1.807, 2.05) is 23.7 Å². The standard InChI is InChI=1S/C22H31N3OS/c1-3-4-7-16-8-5-9-18-19(16)20(22-25(18)14-6-15-27-22)21(26)24(2)17-10-12-23-13-11-17/h5,8-9,17,23H,3-4,6-7,10-15H2,1-2H3. The van der Waals surface area contributed by atoms with Crippen LogP contribution in [0.4, 0.5) is 0 Å². The first-order chi connectivity index (χ1) is 13.2. The Hall–Kier alpha value is -1.46. The number of hydrogen-bond acceptors (Lipinski definition) is 3. The lowest BCUT2D eigenvalue weighted by Crippen LogP contribution is -2.44. The van der Waals surface area contributed by atoms with Crippen LogP contribution in [0.3, 0.4) is 0 Å². The van der Waals surface area contributed by atoms with E-state index in [2.05, 4.69) is 35.0 Å². The van der Waals surface area contributed by atoms with Crippen molar-refractivity contribution in [1.82, 2.24) is 14.8 Å². The number of aromatic nitrogens is 1. The van der Waals surface area contributed by atoms with E-state index < -0.39 is 0 Å². The SMILES string of the molecule is CCCCc1cccc2c1c(C(=O)N(C)C1CCNCC1)c1n2CCCS1. The summed E-state index contributed by atoms with van der Waals surface area (Å²) in [6, 6.07) is 6.96. The number of hydrogen-bond donors (Lipinski definition) is 1. The molecule has 27 heavy (non-hydrogen) atoms. The molecular weight excluding hydrogens is 354 g/mol. The highest BCUT2D eigenvalue weighted by molar-refractivity contribution is 7.99. The Bertz CT molecular complexity index is 823. The van der Waals surface area contributed by atoms with Crippen LogP contribution in [-0.4, -0.2) is 47.3 Å². The zero-order valence-corrected chi connectivity index (χ0v) is 17.4. The molecule has 1 aromatic heterocycles. The summed E-state index contributed by atoms with van der Waals surface area (Å²) < 4.78 is 2.41. The first-order valence-electron chi connectivity index (χ1n) is 10.5. The Labute approximate surface area is 166 Å². The number of piperidine rings is 1. The van der Waals surface area contributed by atoms with E-state index in [9.17, 15) is 4.79 Å². The van der Waals surface area contributed by atoms with Gasteiger partial charge >= 0.3 is 0 Å². The van der Waals surface area contributed by atoms with Crippen LogP contribution in [0.1, 0.15) is 54.9 Å². The fraction of sp³-hybridized carbons (Fsp3) is 0.591. The second kappa shape index (κ2) is 8.27. The van der Waals surface area contributed by atoms with Gasteiger partial charge < -0.3 is 14.8 Å². The molecule has 2 aromatic rings. The van der Waals surface area contributed by atoms with Crippen LogP contribution in [0.25, 0.3) is 10.9 Å². The molecule has 1 fully saturated rings. The Morgan fingerprint density at radius 2 is 2.15 bits per heavy atom. The molecule has 2 aliphatic heterocycles. The van der Waals surface area contributed by atoms with E-state index in [0.29, 0.717) is 6.04 Å². The third-order valence-electron chi connectivity index (χ3n) is 6.08. The molecule has 5 heteroatoms. The molecule has 4 rings (SSSR count). The van der Waals surface area contributed by atoms with Crippen molar-refractivity contribution >= 4 is 28.6 Å².